The molecule has 21 heavy (non-hydrogen) atoms. The Hall–Kier alpha value is -1.47. The molecular formula is C14H20FNO4S. The summed E-state index contributed by atoms with van der Waals surface area (Å²) in [5.74, 6) is -1.70. The van der Waals surface area contributed by atoms with Crippen molar-refractivity contribution in [1.29, 1.82) is 0 Å². The van der Waals surface area contributed by atoms with Crippen LogP contribution in [0.3, 0.4) is 0 Å². The Bertz CT molecular complexity index is 635. The molecule has 0 atom stereocenters. The van der Waals surface area contributed by atoms with Crippen molar-refractivity contribution in [2.24, 2.45) is 0 Å². The molecule has 0 saturated heterocycles. The Balaban J connectivity index is 3.26. The molecule has 0 saturated carbocycles. The highest BCUT2D eigenvalue weighted by molar-refractivity contribution is 7.89. The van der Waals surface area contributed by atoms with Gasteiger partial charge in [-0.15, -0.1) is 0 Å². The van der Waals surface area contributed by atoms with Gasteiger partial charge in [-0.3, -0.25) is 4.79 Å². The van der Waals surface area contributed by atoms with E-state index >= 15 is 0 Å². The molecule has 0 heterocycles. The van der Waals surface area contributed by atoms with Crippen molar-refractivity contribution in [3.8, 4) is 0 Å². The first kappa shape index (κ1) is 17.6. The second-order valence-electron chi connectivity index (χ2n) is 5.80. The van der Waals surface area contributed by atoms with Crippen LogP contribution in [0.25, 0.3) is 0 Å². The van der Waals surface area contributed by atoms with Crippen molar-refractivity contribution in [2.75, 3.05) is 6.54 Å². The number of halogens is 1. The fourth-order valence-corrected chi connectivity index (χ4v) is 3.67. The van der Waals surface area contributed by atoms with Crippen LogP contribution in [0.1, 0.15) is 32.8 Å². The molecule has 5 nitrogen and oxygen atoms in total. The van der Waals surface area contributed by atoms with E-state index in [1.807, 2.05) is 0 Å². The van der Waals surface area contributed by atoms with Gasteiger partial charge in [0.15, 0.2) is 0 Å². The minimum Gasteiger partial charge on any atom is -0.481 e. The monoisotopic (exact) mass is 317 g/mol. The summed E-state index contributed by atoms with van der Waals surface area (Å²) in [5, 5.41) is 8.76. The first-order chi connectivity index (χ1) is 9.46. The van der Waals surface area contributed by atoms with Crippen molar-refractivity contribution in [3.63, 3.8) is 0 Å². The van der Waals surface area contributed by atoms with Gasteiger partial charge in [-0.05, 0) is 45.4 Å². The molecule has 1 rings (SSSR count). The Labute approximate surface area is 124 Å². The minimum atomic E-state index is -3.96. The molecule has 1 aromatic rings. The molecule has 0 bridgehead atoms. The van der Waals surface area contributed by atoms with E-state index in [1.54, 1.807) is 20.8 Å². The second kappa shape index (κ2) is 6.11. The predicted octanol–water partition coefficient (Wildman–Crippen LogP) is 2.40. The average Bonchev–Trinajstić information content (AvgIpc) is 2.30. The highest BCUT2D eigenvalue weighted by Gasteiger charge is 2.34. The largest absolute Gasteiger partial charge is 0.481 e. The van der Waals surface area contributed by atoms with Gasteiger partial charge in [0, 0.05) is 12.1 Å². The molecule has 7 heteroatoms. The van der Waals surface area contributed by atoms with E-state index < -0.39 is 27.3 Å². The number of benzene rings is 1. The molecule has 0 aromatic heterocycles. The standard InChI is InChI=1S/C14H20FNO4S/c1-10-5-6-11(9-12(10)15)21(19,20)16(14(2,3)4)8-7-13(17)18/h5-6,9H,7-8H2,1-4H3,(H,17,18). The third-order valence-electron chi connectivity index (χ3n) is 3.01. The van der Waals surface area contributed by atoms with Crippen LogP contribution < -0.4 is 0 Å². The minimum absolute atomic E-state index is 0.170. The summed E-state index contributed by atoms with van der Waals surface area (Å²) in [6, 6.07) is 3.68. The molecule has 0 spiro atoms. The van der Waals surface area contributed by atoms with Gasteiger partial charge in [0.25, 0.3) is 0 Å². The maximum absolute atomic E-state index is 13.6. The molecule has 0 amide bonds. The van der Waals surface area contributed by atoms with Crippen LogP contribution >= 0.6 is 0 Å². The van der Waals surface area contributed by atoms with Crippen molar-refractivity contribution in [1.82, 2.24) is 4.31 Å². The molecule has 0 radical (unpaired) electrons. The van der Waals surface area contributed by atoms with Gasteiger partial charge in [0.05, 0.1) is 11.3 Å². The summed E-state index contributed by atoms with van der Waals surface area (Å²) >= 11 is 0. The lowest BCUT2D eigenvalue weighted by Crippen LogP contribution is -2.46. The van der Waals surface area contributed by atoms with E-state index in [1.165, 1.54) is 19.1 Å². The van der Waals surface area contributed by atoms with Crippen LogP contribution in [0, 0.1) is 12.7 Å². The number of sulfonamides is 1. The third kappa shape index (κ3) is 4.25. The molecule has 1 aromatic carbocycles. The molecule has 118 valence electrons. The summed E-state index contributed by atoms with van der Waals surface area (Å²) in [6.07, 6.45) is -0.315. The summed E-state index contributed by atoms with van der Waals surface area (Å²) in [7, 11) is -3.96. The quantitative estimate of drug-likeness (QED) is 0.905. The van der Waals surface area contributed by atoms with Crippen LogP contribution in [-0.4, -0.2) is 35.9 Å². The van der Waals surface area contributed by atoms with E-state index in [2.05, 4.69) is 0 Å². The Morgan fingerprint density at radius 2 is 1.90 bits per heavy atom. The lowest BCUT2D eigenvalue weighted by molar-refractivity contribution is -0.137. The first-order valence-corrected chi connectivity index (χ1v) is 7.91. The number of hydrogen-bond acceptors (Lipinski definition) is 3. The Morgan fingerprint density at radius 3 is 2.33 bits per heavy atom. The lowest BCUT2D eigenvalue weighted by atomic mass is 10.1. The van der Waals surface area contributed by atoms with E-state index in [9.17, 15) is 17.6 Å². The van der Waals surface area contributed by atoms with Gasteiger partial charge in [-0.25, -0.2) is 12.8 Å². The van der Waals surface area contributed by atoms with Crippen LogP contribution in [0.2, 0.25) is 0 Å². The van der Waals surface area contributed by atoms with Crippen LogP contribution in [0.4, 0.5) is 4.39 Å². The zero-order valence-electron chi connectivity index (χ0n) is 12.6. The van der Waals surface area contributed by atoms with Gasteiger partial charge in [0.1, 0.15) is 5.82 Å². The SMILES string of the molecule is Cc1ccc(S(=O)(=O)N(CCC(=O)O)C(C)(C)C)cc1F. The summed E-state index contributed by atoms with van der Waals surface area (Å²) in [6.45, 7) is 6.36. The summed E-state index contributed by atoms with van der Waals surface area (Å²) in [4.78, 5) is 10.5. The molecule has 0 aliphatic carbocycles. The third-order valence-corrected chi connectivity index (χ3v) is 5.17. The molecule has 1 N–H and O–H groups in total. The number of nitrogens with zero attached hydrogens (tertiary/aromatic N) is 1. The first-order valence-electron chi connectivity index (χ1n) is 6.47. The molecule has 0 fully saturated rings. The van der Waals surface area contributed by atoms with E-state index in [-0.39, 0.29) is 17.9 Å². The normalized spacial score (nSPS) is 12.7. The zero-order valence-corrected chi connectivity index (χ0v) is 13.4. The number of carbonyl (C=O) groups is 1. The predicted molar refractivity (Wildman–Crippen MR) is 77.0 cm³/mol. The topological polar surface area (TPSA) is 74.7 Å². The lowest BCUT2D eigenvalue weighted by Gasteiger charge is -2.34. The van der Waals surface area contributed by atoms with Crippen molar-refractivity contribution >= 4 is 16.0 Å². The molecule has 0 aliphatic rings. The van der Waals surface area contributed by atoms with Gasteiger partial charge >= 0.3 is 5.97 Å². The Morgan fingerprint density at radius 1 is 1.33 bits per heavy atom. The van der Waals surface area contributed by atoms with E-state index in [0.29, 0.717) is 5.56 Å². The maximum atomic E-state index is 13.6. The van der Waals surface area contributed by atoms with Gasteiger partial charge in [-0.2, -0.15) is 4.31 Å². The maximum Gasteiger partial charge on any atom is 0.304 e. The summed E-state index contributed by atoms with van der Waals surface area (Å²) < 4.78 is 39.9. The van der Waals surface area contributed by atoms with Gasteiger partial charge < -0.3 is 5.11 Å². The van der Waals surface area contributed by atoms with Gasteiger partial charge in [-0.1, -0.05) is 6.07 Å². The molecule has 0 aliphatic heterocycles. The fraction of sp³-hybridized carbons (Fsp3) is 0.500. The molecule has 0 unspecified atom stereocenters. The van der Waals surface area contributed by atoms with E-state index in [0.717, 1.165) is 10.4 Å². The molecular weight excluding hydrogens is 297 g/mol. The summed E-state index contributed by atoms with van der Waals surface area (Å²) in [5.41, 5.74) is -0.461. The highest BCUT2D eigenvalue weighted by atomic mass is 32.2. The number of hydrogen-bond donors (Lipinski definition) is 1. The van der Waals surface area contributed by atoms with Crippen LogP contribution in [0.5, 0.6) is 0 Å². The van der Waals surface area contributed by atoms with Crippen molar-refractivity contribution < 1.29 is 22.7 Å². The fourth-order valence-electron chi connectivity index (χ4n) is 1.87. The number of rotatable bonds is 5. The number of carboxylic acid groups (broad SMARTS) is 1. The number of aliphatic carboxylic acids is 1. The average molecular weight is 317 g/mol. The Kier molecular flexibility index (Phi) is 5.11. The number of aryl methyl sites for hydroxylation is 1. The van der Waals surface area contributed by atoms with Crippen LogP contribution in [0.15, 0.2) is 23.1 Å². The van der Waals surface area contributed by atoms with Crippen LogP contribution in [-0.2, 0) is 14.8 Å². The smallest absolute Gasteiger partial charge is 0.304 e. The second-order valence-corrected chi connectivity index (χ2v) is 7.67. The van der Waals surface area contributed by atoms with E-state index in [4.69, 9.17) is 5.11 Å². The highest BCUT2D eigenvalue weighted by Crippen LogP contribution is 2.25. The van der Waals surface area contributed by atoms with Crippen molar-refractivity contribution in [3.05, 3.63) is 29.6 Å². The van der Waals surface area contributed by atoms with Crippen molar-refractivity contribution in [2.45, 2.75) is 44.6 Å². The zero-order chi connectivity index (χ0) is 16.4. The number of carboxylic acids is 1. The van der Waals surface area contributed by atoms with Gasteiger partial charge in [0.2, 0.25) is 10.0 Å².